The van der Waals surface area contributed by atoms with Crippen LogP contribution in [0.3, 0.4) is 0 Å². The quantitative estimate of drug-likeness (QED) is 0.305. The summed E-state index contributed by atoms with van der Waals surface area (Å²) in [6.45, 7) is 5.49. The Morgan fingerprint density at radius 1 is 1.05 bits per heavy atom. The van der Waals surface area contributed by atoms with Gasteiger partial charge in [0.05, 0.1) is 12.0 Å². The molecule has 8 nitrogen and oxygen atoms in total. The molecule has 0 spiro atoms. The Hall–Kier alpha value is -0.960. The lowest BCUT2D eigenvalue weighted by Gasteiger charge is -2.63. The number of alkyl halides is 3. The van der Waals surface area contributed by atoms with E-state index >= 15 is 0 Å². The number of esters is 1. The maximum atomic E-state index is 12.8. The second kappa shape index (κ2) is 10.5. The van der Waals surface area contributed by atoms with Crippen molar-refractivity contribution in [2.45, 2.75) is 94.2 Å². The molecular formula is C26H38Cl3NO7. The number of ether oxygens (including phenoxy) is 2. The fourth-order valence-corrected chi connectivity index (χ4v) is 8.82. The number of fused-ring (bicyclic) bond motifs is 5. The third kappa shape index (κ3) is 5.29. The highest BCUT2D eigenvalue weighted by atomic mass is 35.6. The van der Waals surface area contributed by atoms with Gasteiger partial charge in [-0.25, -0.2) is 4.79 Å². The van der Waals surface area contributed by atoms with E-state index < -0.39 is 52.1 Å². The molecule has 3 N–H and O–H groups in total. The number of carboxylic acid groups (broad SMARTS) is 1. The van der Waals surface area contributed by atoms with Gasteiger partial charge in [0.15, 0.2) is 0 Å². The molecule has 0 bridgehead atoms. The highest BCUT2D eigenvalue weighted by Gasteiger charge is 2.65. The summed E-state index contributed by atoms with van der Waals surface area (Å²) in [5.41, 5.74) is -0.770. The first-order chi connectivity index (χ1) is 17.2. The van der Waals surface area contributed by atoms with Crippen LogP contribution in [0.2, 0.25) is 0 Å². The lowest BCUT2D eigenvalue weighted by molar-refractivity contribution is -0.194. The van der Waals surface area contributed by atoms with Crippen LogP contribution in [0.25, 0.3) is 0 Å². The van der Waals surface area contributed by atoms with E-state index in [0.29, 0.717) is 12.8 Å². The van der Waals surface area contributed by atoms with Crippen molar-refractivity contribution in [3.63, 3.8) is 0 Å². The first-order valence-electron chi connectivity index (χ1n) is 13.3. The van der Waals surface area contributed by atoms with Gasteiger partial charge in [-0.15, -0.1) is 0 Å². The maximum Gasteiger partial charge on any atom is 0.407 e. The van der Waals surface area contributed by atoms with Crippen LogP contribution in [0.15, 0.2) is 0 Å². The fraction of sp³-hybridized carbons (Fsp3) is 0.885. The van der Waals surface area contributed by atoms with Crippen molar-refractivity contribution in [1.82, 2.24) is 5.32 Å². The Morgan fingerprint density at radius 2 is 1.76 bits per heavy atom. The molecule has 4 rings (SSSR count). The van der Waals surface area contributed by atoms with Crippen LogP contribution in [0.1, 0.15) is 72.1 Å². The van der Waals surface area contributed by atoms with Gasteiger partial charge in [-0.1, -0.05) is 55.6 Å². The summed E-state index contributed by atoms with van der Waals surface area (Å²) >= 11 is 17.3. The van der Waals surface area contributed by atoms with E-state index in [4.69, 9.17) is 44.3 Å². The third-order valence-electron chi connectivity index (χ3n) is 10.4. The van der Waals surface area contributed by atoms with Crippen molar-refractivity contribution in [3.05, 3.63) is 0 Å². The van der Waals surface area contributed by atoms with E-state index in [1.54, 1.807) is 6.92 Å². The van der Waals surface area contributed by atoms with Crippen LogP contribution in [0, 0.1) is 40.4 Å². The average Bonchev–Trinajstić information content (AvgIpc) is 3.18. The van der Waals surface area contributed by atoms with Gasteiger partial charge < -0.3 is 25.0 Å². The number of carboxylic acids is 1. The predicted octanol–water partition coefficient (Wildman–Crippen LogP) is 5.10. The van der Waals surface area contributed by atoms with Crippen molar-refractivity contribution < 1.29 is 34.1 Å². The minimum absolute atomic E-state index is 0.0892. The molecule has 1 amide bonds. The van der Waals surface area contributed by atoms with Gasteiger partial charge in [0.2, 0.25) is 3.79 Å². The topological polar surface area (TPSA) is 122 Å². The number of rotatable bonds is 5. The SMILES string of the molecule is CCC(=O)OC1CC2CC[C@@H]3[C@@H](CC[C@]4(C)C(C(=O)O)CC[C@@H]34)[C@@]2(C)C(NC(=O)OCC(Cl)(Cl)Cl)C1O. The number of aliphatic hydroxyl groups is 1. The van der Waals surface area contributed by atoms with E-state index in [1.807, 2.05) is 0 Å². The van der Waals surface area contributed by atoms with Crippen LogP contribution in [-0.4, -0.2) is 56.9 Å². The molecule has 4 fully saturated rings. The highest BCUT2D eigenvalue weighted by molar-refractivity contribution is 6.67. The van der Waals surface area contributed by atoms with Crippen LogP contribution in [-0.2, 0) is 19.1 Å². The van der Waals surface area contributed by atoms with Gasteiger partial charge >= 0.3 is 18.0 Å². The molecule has 10 atom stereocenters. The Balaban J connectivity index is 1.64. The Labute approximate surface area is 233 Å². The maximum absolute atomic E-state index is 12.8. The van der Waals surface area contributed by atoms with Crippen LogP contribution in [0.4, 0.5) is 4.79 Å². The predicted molar refractivity (Wildman–Crippen MR) is 138 cm³/mol. The van der Waals surface area contributed by atoms with Gasteiger partial charge in [0, 0.05) is 6.42 Å². The fourth-order valence-electron chi connectivity index (χ4n) is 8.66. The number of carbonyl (C=O) groups is 3. The summed E-state index contributed by atoms with van der Waals surface area (Å²) < 4.78 is 9.00. The molecule has 210 valence electrons. The largest absolute Gasteiger partial charge is 0.481 e. The van der Waals surface area contributed by atoms with Crippen molar-refractivity contribution in [2.75, 3.05) is 6.61 Å². The van der Waals surface area contributed by atoms with E-state index in [1.165, 1.54) is 0 Å². The summed E-state index contributed by atoms with van der Waals surface area (Å²) in [6, 6.07) is -0.752. The molecule has 0 aromatic carbocycles. The monoisotopic (exact) mass is 581 g/mol. The number of halogens is 3. The van der Waals surface area contributed by atoms with Crippen molar-refractivity contribution in [1.29, 1.82) is 0 Å². The number of aliphatic hydroxyl groups excluding tert-OH is 1. The minimum atomic E-state index is -1.78. The molecule has 4 aliphatic carbocycles. The van der Waals surface area contributed by atoms with Crippen LogP contribution >= 0.6 is 34.8 Å². The van der Waals surface area contributed by atoms with Gasteiger partial charge in [0.1, 0.15) is 18.8 Å². The Kier molecular flexibility index (Phi) is 8.28. The zero-order chi connectivity index (χ0) is 27.3. The van der Waals surface area contributed by atoms with Gasteiger partial charge in [-0.3, -0.25) is 9.59 Å². The lowest BCUT2D eigenvalue weighted by atomic mass is 9.43. The first-order valence-corrected chi connectivity index (χ1v) is 14.5. The van der Waals surface area contributed by atoms with Gasteiger partial charge in [-0.2, -0.15) is 0 Å². The molecule has 4 saturated carbocycles. The zero-order valence-electron chi connectivity index (χ0n) is 21.6. The van der Waals surface area contributed by atoms with Crippen LogP contribution in [0.5, 0.6) is 0 Å². The second-order valence-corrected chi connectivity index (χ2v) is 14.5. The summed E-state index contributed by atoms with van der Waals surface area (Å²) in [6.07, 6.45) is 2.93. The highest BCUT2D eigenvalue weighted by Crippen LogP contribution is 2.67. The van der Waals surface area contributed by atoms with Crippen molar-refractivity contribution in [2.24, 2.45) is 40.4 Å². The molecule has 0 saturated heterocycles. The van der Waals surface area contributed by atoms with Gasteiger partial charge in [0.25, 0.3) is 0 Å². The van der Waals surface area contributed by atoms with E-state index in [2.05, 4.69) is 19.2 Å². The standard InChI is InChI=1S/C26H38Cl3NO7/c1-4-19(31)37-18-11-13-5-6-14-15-7-8-17(22(33)34)24(15,2)10-9-16(14)25(13,3)21(20(18)32)30-23(35)36-12-26(27,28)29/h13-18,20-21,32H,4-12H2,1-3H3,(H,30,35)(H,33,34)/t13?,14-,15-,16+,17?,18?,20?,21?,24-,25-/m0/s1. The lowest BCUT2D eigenvalue weighted by Crippen LogP contribution is -2.69. The molecule has 37 heavy (non-hydrogen) atoms. The van der Waals surface area contributed by atoms with E-state index in [-0.39, 0.29) is 41.4 Å². The molecule has 0 aliphatic heterocycles. The number of carbonyl (C=O) groups excluding carboxylic acids is 2. The Bertz CT molecular complexity index is 913. The first kappa shape index (κ1) is 29.0. The summed E-state index contributed by atoms with van der Waals surface area (Å²) in [5.74, 6) is -0.655. The summed E-state index contributed by atoms with van der Waals surface area (Å²) in [5, 5.41) is 24.2. The number of aliphatic carboxylic acids is 1. The minimum Gasteiger partial charge on any atom is -0.481 e. The van der Waals surface area contributed by atoms with Crippen LogP contribution < -0.4 is 5.32 Å². The Morgan fingerprint density at radius 3 is 2.38 bits per heavy atom. The van der Waals surface area contributed by atoms with Crippen molar-refractivity contribution >= 4 is 52.8 Å². The second-order valence-electron chi connectivity index (χ2n) is 12.0. The zero-order valence-corrected chi connectivity index (χ0v) is 23.8. The molecule has 11 heteroatoms. The normalized spacial score (nSPS) is 43.1. The summed E-state index contributed by atoms with van der Waals surface area (Å²) in [7, 11) is 0. The third-order valence-corrected chi connectivity index (χ3v) is 10.7. The molecule has 0 heterocycles. The molecular weight excluding hydrogens is 545 g/mol. The number of nitrogens with one attached hydrogen (secondary N) is 1. The molecule has 0 aromatic rings. The van der Waals surface area contributed by atoms with Gasteiger partial charge in [-0.05, 0) is 79.4 Å². The summed E-state index contributed by atoms with van der Waals surface area (Å²) in [4.78, 5) is 37.0. The molecule has 0 radical (unpaired) electrons. The number of amides is 1. The number of hydrogen-bond acceptors (Lipinski definition) is 6. The molecule has 5 unspecified atom stereocenters. The number of hydrogen-bond donors (Lipinski definition) is 3. The van der Waals surface area contributed by atoms with Crippen molar-refractivity contribution in [3.8, 4) is 0 Å². The van der Waals surface area contributed by atoms with E-state index in [9.17, 15) is 24.6 Å². The smallest absolute Gasteiger partial charge is 0.407 e. The average molecular weight is 583 g/mol. The molecule has 0 aromatic heterocycles. The molecule has 4 aliphatic rings. The number of alkyl carbamates (subject to hydrolysis) is 1. The van der Waals surface area contributed by atoms with E-state index in [0.717, 1.165) is 32.1 Å².